The van der Waals surface area contributed by atoms with Gasteiger partial charge in [-0.3, -0.25) is 9.59 Å². The zero-order chi connectivity index (χ0) is 28.7. The van der Waals surface area contributed by atoms with Crippen LogP contribution in [0.25, 0.3) is 0 Å². The highest BCUT2D eigenvalue weighted by Gasteiger charge is 2.62. The second-order valence-electron chi connectivity index (χ2n) is 11.3. The highest BCUT2D eigenvalue weighted by Crippen LogP contribution is 2.46. The summed E-state index contributed by atoms with van der Waals surface area (Å²) >= 11 is 0. The molecule has 2 unspecified atom stereocenters. The van der Waals surface area contributed by atoms with E-state index in [4.69, 9.17) is 17.3 Å². The second-order valence-corrected chi connectivity index (χ2v) is 11.3. The molecule has 2 fully saturated rings. The largest absolute Gasteiger partial charge is 0.464 e. The van der Waals surface area contributed by atoms with Crippen LogP contribution in [0.2, 0.25) is 0 Å². The first kappa shape index (κ1) is 31.4. The van der Waals surface area contributed by atoms with Gasteiger partial charge in [-0.1, -0.05) is 31.9 Å². The van der Waals surface area contributed by atoms with E-state index in [9.17, 15) is 19.2 Å². The van der Waals surface area contributed by atoms with Crippen LogP contribution in [0.5, 0.6) is 0 Å². The lowest BCUT2D eigenvalue weighted by atomic mass is 9.85. The summed E-state index contributed by atoms with van der Waals surface area (Å²) in [4.78, 5) is 54.0. The topological polar surface area (TPSA) is 114 Å². The summed E-state index contributed by atoms with van der Waals surface area (Å²) in [5.41, 5.74) is -1.92. The number of esters is 1. The molecule has 1 saturated carbocycles. The van der Waals surface area contributed by atoms with E-state index in [0.717, 1.165) is 19.3 Å². The molecule has 2 N–H and O–H groups in total. The molecule has 2 rings (SSSR count). The van der Waals surface area contributed by atoms with Crippen LogP contribution in [-0.4, -0.2) is 72.4 Å². The Labute approximate surface area is 228 Å². The van der Waals surface area contributed by atoms with Gasteiger partial charge in [-0.15, -0.1) is 13.2 Å². The van der Waals surface area contributed by atoms with Gasteiger partial charge in [0.15, 0.2) is 0 Å². The summed E-state index contributed by atoms with van der Waals surface area (Å²) in [5.74, 6) is -2.59. The number of likely N-dealkylation sites (tertiary alicyclic amines) is 1. The van der Waals surface area contributed by atoms with Gasteiger partial charge in [-0.25, -0.2) is 9.59 Å². The van der Waals surface area contributed by atoms with Gasteiger partial charge in [0, 0.05) is 5.92 Å². The Morgan fingerprint density at radius 1 is 1.18 bits per heavy atom. The molecule has 0 aromatic rings. The number of rotatable bonds is 13. The molecule has 10 heteroatoms. The Morgan fingerprint density at radius 3 is 2.42 bits per heavy atom. The lowest BCUT2D eigenvalue weighted by Crippen LogP contribution is -2.58. The van der Waals surface area contributed by atoms with Crippen molar-refractivity contribution in [2.24, 2.45) is 11.8 Å². The van der Waals surface area contributed by atoms with Crippen molar-refractivity contribution in [2.45, 2.75) is 109 Å². The average Bonchev–Trinajstić information content (AvgIpc) is 3.46. The van der Waals surface area contributed by atoms with Crippen LogP contribution in [0.1, 0.15) is 79.6 Å². The lowest BCUT2D eigenvalue weighted by molar-refractivity contribution is -0.150. The Kier molecular flexibility index (Phi) is 11.0. The van der Waals surface area contributed by atoms with Crippen LogP contribution in [0.15, 0.2) is 25.3 Å². The second kappa shape index (κ2) is 13.3. The smallest absolute Gasteiger partial charge is 0.408 e. The first-order chi connectivity index (χ1) is 17.8. The van der Waals surface area contributed by atoms with Crippen molar-refractivity contribution >= 4 is 31.7 Å². The molecule has 0 bridgehead atoms. The number of amides is 3. The van der Waals surface area contributed by atoms with Crippen LogP contribution in [0.3, 0.4) is 0 Å². The van der Waals surface area contributed by atoms with Gasteiger partial charge in [0.2, 0.25) is 11.8 Å². The summed E-state index contributed by atoms with van der Waals surface area (Å²) in [6.45, 7) is 16.5. The van der Waals surface area contributed by atoms with E-state index >= 15 is 0 Å². The number of carbonyl (C=O) groups excluding carboxylic acids is 4. The quantitative estimate of drug-likeness (QED) is 0.164. The molecule has 3 amide bonds. The Morgan fingerprint density at radius 2 is 1.87 bits per heavy atom. The van der Waals surface area contributed by atoms with Gasteiger partial charge < -0.3 is 25.0 Å². The highest BCUT2D eigenvalue weighted by molar-refractivity contribution is 6.14. The van der Waals surface area contributed by atoms with Crippen LogP contribution < -0.4 is 10.6 Å². The first-order valence-corrected chi connectivity index (χ1v) is 13.6. The number of hydrogen-bond donors (Lipinski definition) is 2. The molecular formula is C28H44BN3O6. The van der Waals surface area contributed by atoms with E-state index in [1.807, 2.05) is 13.0 Å². The van der Waals surface area contributed by atoms with E-state index in [0.29, 0.717) is 25.7 Å². The monoisotopic (exact) mass is 529 g/mol. The number of nitrogens with one attached hydrogen (secondary N) is 2. The van der Waals surface area contributed by atoms with E-state index in [2.05, 4.69) is 23.8 Å². The molecule has 6 atom stereocenters. The van der Waals surface area contributed by atoms with Gasteiger partial charge in [0.05, 0.1) is 14.5 Å². The van der Waals surface area contributed by atoms with Gasteiger partial charge in [0.1, 0.15) is 23.2 Å². The number of allylic oxidation sites excluding steroid dienone is 1. The maximum Gasteiger partial charge on any atom is 0.408 e. The highest BCUT2D eigenvalue weighted by atomic mass is 16.6. The molecule has 0 aromatic heterocycles. The number of unbranched alkanes of at least 4 members (excludes halogenated alkanes) is 3. The first-order valence-electron chi connectivity index (χ1n) is 13.6. The summed E-state index contributed by atoms with van der Waals surface area (Å²) in [7, 11) is 6.42. The minimum atomic E-state index is -1.18. The third-order valence-electron chi connectivity index (χ3n) is 7.07. The summed E-state index contributed by atoms with van der Waals surface area (Å²) in [6, 6.07) is -1.81. The van der Waals surface area contributed by atoms with E-state index in [1.165, 1.54) is 4.90 Å². The molecule has 2 radical (unpaired) electrons. The van der Waals surface area contributed by atoms with Crippen molar-refractivity contribution < 1.29 is 28.7 Å². The van der Waals surface area contributed by atoms with Crippen molar-refractivity contribution in [3.63, 3.8) is 0 Å². The Hall–Kier alpha value is -2.78. The molecule has 0 aromatic carbocycles. The number of ether oxygens (including phenoxy) is 2. The predicted octanol–water partition coefficient (Wildman–Crippen LogP) is 3.37. The molecule has 1 aliphatic carbocycles. The third kappa shape index (κ3) is 7.87. The van der Waals surface area contributed by atoms with Crippen molar-refractivity contribution in [3.8, 4) is 0 Å². The van der Waals surface area contributed by atoms with Crippen LogP contribution >= 0.6 is 0 Å². The fraction of sp³-hybridized carbons (Fsp3) is 0.714. The Bertz CT molecular complexity index is 904. The van der Waals surface area contributed by atoms with Crippen LogP contribution in [0.4, 0.5) is 4.79 Å². The minimum absolute atomic E-state index is 0.169. The summed E-state index contributed by atoms with van der Waals surface area (Å²) < 4.78 is 10.6. The standard InChI is InChI=1S/C28H44BN3O6/c1-8-11-12-13-14-15-20(30-26(36)38-27(5,6)7)24(34)32-21(16-18(4)22(32)29)23(33)31-28(17-19(28)9-2)25(35)37-10-3/h8-9,18-22H,1-2,10-17H2,3-7H3,(H,30,36)(H,31,33)/t18-,19?,20+,21+,22?,28-/m1/s1. The van der Waals surface area contributed by atoms with Crippen molar-refractivity contribution in [3.05, 3.63) is 25.3 Å². The molecule has 1 heterocycles. The predicted molar refractivity (Wildman–Crippen MR) is 146 cm³/mol. The maximum atomic E-state index is 13.8. The SMILES string of the molecule is [B]C1[C@H](C)C[C@@H](C(=O)N[C@]2(C(=O)OCC)CC2C=C)N1C(=O)[C@H](CCCCCC=C)NC(=O)OC(C)(C)C. The van der Waals surface area contributed by atoms with E-state index in [-0.39, 0.29) is 18.4 Å². The molecule has 0 spiro atoms. The fourth-order valence-electron chi connectivity index (χ4n) is 4.89. The molecule has 2 aliphatic rings. The number of hydrogen-bond acceptors (Lipinski definition) is 6. The van der Waals surface area contributed by atoms with Crippen molar-refractivity contribution in [2.75, 3.05) is 6.61 Å². The number of alkyl carbamates (subject to hydrolysis) is 1. The lowest BCUT2D eigenvalue weighted by Gasteiger charge is -2.33. The molecule has 38 heavy (non-hydrogen) atoms. The van der Waals surface area contributed by atoms with Crippen molar-refractivity contribution in [1.82, 2.24) is 15.5 Å². The fourth-order valence-corrected chi connectivity index (χ4v) is 4.89. The molecule has 9 nitrogen and oxygen atoms in total. The number of carbonyl (C=O) groups is 4. The van der Waals surface area contributed by atoms with Crippen molar-refractivity contribution in [1.29, 1.82) is 0 Å². The van der Waals surface area contributed by atoms with Gasteiger partial charge in [0.25, 0.3) is 0 Å². The molecule has 1 aliphatic heterocycles. The maximum absolute atomic E-state index is 13.8. The Balaban J connectivity index is 2.24. The zero-order valence-corrected chi connectivity index (χ0v) is 23.6. The molecular weight excluding hydrogens is 485 g/mol. The third-order valence-corrected chi connectivity index (χ3v) is 7.07. The number of nitrogens with zero attached hydrogens (tertiary/aromatic N) is 1. The summed E-state index contributed by atoms with van der Waals surface area (Å²) in [6.07, 6.45) is 7.15. The average molecular weight is 529 g/mol. The van der Waals surface area contributed by atoms with Gasteiger partial charge >= 0.3 is 12.1 Å². The van der Waals surface area contributed by atoms with E-state index in [1.54, 1.807) is 33.8 Å². The van der Waals surface area contributed by atoms with Gasteiger partial charge in [-0.05, 0) is 71.7 Å². The normalized spacial score (nSPS) is 27.1. The van der Waals surface area contributed by atoms with E-state index < -0.39 is 53.0 Å². The minimum Gasteiger partial charge on any atom is -0.464 e. The zero-order valence-electron chi connectivity index (χ0n) is 23.6. The summed E-state index contributed by atoms with van der Waals surface area (Å²) in [5, 5.41) is 5.54. The molecule has 210 valence electrons. The van der Waals surface area contributed by atoms with Crippen LogP contribution in [0, 0.1) is 11.8 Å². The molecule has 1 saturated heterocycles. The van der Waals surface area contributed by atoms with Crippen LogP contribution in [-0.2, 0) is 23.9 Å². The van der Waals surface area contributed by atoms with Gasteiger partial charge in [-0.2, -0.15) is 0 Å².